The third kappa shape index (κ3) is 4.72. The normalized spacial score (nSPS) is 12.2. The van der Waals surface area contributed by atoms with Crippen molar-refractivity contribution in [2.75, 3.05) is 13.0 Å². The van der Waals surface area contributed by atoms with E-state index in [4.69, 9.17) is 16.3 Å². The van der Waals surface area contributed by atoms with E-state index >= 15 is 0 Å². The Kier molecular flexibility index (Phi) is 6.07. The van der Waals surface area contributed by atoms with Crippen molar-refractivity contribution in [3.05, 3.63) is 63.9 Å². The molecule has 112 valence electrons. The van der Waals surface area contributed by atoms with Gasteiger partial charge in [-0.2, -0.15) is 0 Å². The van der Waals surface area contributed by atoms with Gasteiger partial charge in [0.15, 0.2) is 0 Å². The molecule has 0 aromatic heterocycles. The smallest absolute Gasteiger partial charge is 0.137 e. The van der Waals surface area contributed by atoms with Gasteiger partial charge in [0.25, 0.3) is 0 Å². The van der Waals surface area contributed by atoms with Crippen molar-refractivity contribution in [2.24, 2.45) is 5.92 Å². The van der Waals surface area contributed by atoms with Gasteiger partial charge in [-0.25, -0.2) is 4.39 Å². The lowest BCUT2D eigenvalue weighted by atomic mass is 9.94. The molecule has 0 spiro atoms. The Labute approximate surface area is 138 Å². The summed E-state index contributed by atoms with van der Waals surface area (Å²) in [6, 6.07) is 13.1. The SMILES string of the molecule is COc1cccc(CC(CCl)Cc2ccc(F)c(Br)c2)c1. The molecule has 0 saturated carbocycles. The highest BCUT2D eigenvalue weighted by molar-refractivity contribution is 9.10. The van der Waals surface area contributed by atoms with E-state index in [2.05, 4.69) is 22.0 Å². The van der Waals surface area contributed by atoms with Gasteiger partial charge in [-0.1, -0.05) is 18.2 Å². The molecule has 1 atom stereocenters. The molecule has 0 fully saturated rings. The van der Waals surface area contributed by atoms with Crippen LogP contribution in [-0.2, 0) is 12.8 Å². The molecule has 0 aliphatic heterocycles. The first kappa shape index (κ1) is 16.3. The number of rotatable bonds is 6. The van der Waals surface area contributed by atoms with Crippen LogP contribution in [0, 0.1) is 11.7 Å². The van der Waals surface area contributed by atoms with Gasteiger partial charge in [-0.15, -0.1) is 11.6 Å². The third-order valence-electron chi connectivity index (χ3n) is 3.39. The fraction of sp³-hybridized carbons (Fsp3) is 0.294. The maximum atomic E-state index is 13.3. The van der Waals surface area contributed by atoms with Crippen LogP contribution in [0.1, 0.15) is 11.1 Å². The van der Waals surface area contributed by atoms with E-state index in [1.165, 1.54) is 11.6 Å². The predicted molar refractivity (Wildman–Crippen MR) is 88.7 cm³/mol. The molecule has 0 N–H and O–H groups in total. The zero-order valence-electron chi connectivity index (χ0n) is 11.8. The summed E-state index contributed by atoms with van der Waals surface area (Å²) >= 11 is 9.31. The average molecular weight is 372 g/mol. The van der Waals surface area contributed by atoms with Crippen LogP contribution in [0.5, 0.6) is 5.75 Å². The number of methoxy groups -OCH3 is 1. The average Bonchev–Trinajstić information content (AvgIpc) is 2.50. The van der Waals surface area contributed by atoms with E-state index in [0.717, 1.165) is 24.2 Å². The van der Waals surface area contributed by atoms with Crippen molar-refractivity contribution in [3.63, 3.8) is 0 Å². The van der Waals surface area contributed by atoms with Crippen LogP contribution in [0.4, 0.5) is 4.39 Å². The summed E-state index contributed by atoms with van der Waals surface area (Å²) in [5, 5.41) is 0. The van der Waals surface area contributed by atoms with Gasteiger partial charge >= 0.3 is 0 Å². The van der Waals surface area contributed by atoms with Gasteiger partial charge in [-0.05, 0) is 70.1 Å². The molecule has 2 aromatic rings. The first-order valence-electron chi connectivity index (χ1n) is 6.75. The second-order valence-electron chi connectivity index (χ2n) is 5.03. The Hall–Kier alpha value is -1.06. The van der Waals surface area contributed by atoms with E-state index in [0.29, 0.717) is 16.3 Å². The number of halogens is 3. The minimum absolute atomic E-state index is 0.242. The monoisotopic (exact) mass is 370 g/mol. The molecule has 4 heteroatoms. The molecule has 1 nitrogen and oxygen atoms in total. The molecule has 0 heterocycles. The van der Waals surface area contributed by atoms with Crippen molar-refractivity contribution < 1.29 is 9.13 Å². The fourth-order valence-corrected chi connectivity index (χ4v) is 2.96. The summed E-state index contributed by atoms with van der Waals surface area (Å²) in [7, 11) is 1.66. The van der Waals surface area contributed by atoms with E-state index in [-0.39, 0.29) is 5.82 Å². The largest absolute Gasteiger partial charge is 0.497 e. The van der Waals surface area contributed by atoms with Crippen molar-refractivity contribution in [1.82, 2.24) is 0 Å². The minimum atomic E-state index is -0.242. The predicted octanol–water partition coefficient (Wildman–Crippen LogP) is 5.24. The highest BCUT2D eigenvalue weighted by Crippen LogP contribution is 2.22. The molecule has 1 unspecified atom stereocenters. The Morgan fingerprint density at radius 2 is 1.86 bits per heavy atom. The lowest BCUT2D eigenvalue weighted by molar-refractivity contribution is 0.414. The van der Waals surface area contributed by atoms with Gasteiger partial charge in [-0.3, -0.25) is 0 Å². The van der Waals surface area contributed by atoms with Crippen LogP contribution >= 0.6 is 27.5 Å². The van der Waals surface area contributed by atoms with Gasteiger partial charge in [0.1, 0.15) is 11.6 Å². The molecule has 0 aliphatic carbocycles. The quantitative estimate of drug-likeness (QED) is 0.631. The maximum Gasteiger partial charge on any atom is 0.137 e. The Morgan fingerprint density at radius 1 is 1.14 bits per heavy atom. The third-order valence-corrected chi connectivity index (χ3v) is 4.43. The molecule has 21 heavy (non-hydrogen) atoms. The number of benzene rings is 2. The molecule has 0 saturated heterocycles. The first-order chi connectivity index (χ1) is 10.1. The summed E-state index contributed by atoms with van der Waals surface area (Å²) < 4.78 is 19.0. The maximum absolute atomic E-state index is 13.3. The second-order valence-corrected chi connectivity index (χ2v) is 6.19. The van der Waals surface area contributed by atoms with Crippen LogP contribution in [-0.4, -0.2) is 13.0 Å². The van der Waals surface area contributed by atoms with Crippen LogP contribution in [0.2, 0.25) is 0 Å². The molecule has 0 bridgehead atoms. The van der Waals surface area contributed by atoms with Crippen LogP contribution in [0.3, 0.4) is 0 Å². The van der Waals surface area contributed by atoms with Crippen molar-refractivity contribution in [1.29, 1.82) is 0 Å². The molecule has 0 aliphatic rings. The van der Waals surface area contributed by atoms with Crippen LogP contribution < -0.4 is 4.74 Å². The van der Waals surface area contributed by atoms with Crippen molar-refractivity contribution in [2.45, 2.75) is 12.8 Å². The molecule has 2 aromatic carbocycles. The number of ether oxygens (including phenoxy) is 1. The van der Waals surface area contributed by atoms with Gasteiger partial charge < -0.3 is 4.74 Å². The summed E-state index contributed by atoms with van der Waals surface area (Å²) in [5.74, 6) is 1.47. The summed E-state index contributed by atoms with van der Waals surface area (Å²) in [6.07, 6.45) is 1.69. The number of hydrogen-bond acceptors (Lipinski definition) is 1. The molecule has 2 rings (SSSR count). The minimum Gasteiger partial charge on any atom is -0.497 e. The number of alkyl halides is 1. The summed E-state index contributed by atoms with van der Waals surface area (Å²) in [4.78, 5) is 0. The van der Waals surface area contributed by atoms with E-state index in [1.807, 2.05) is 30.3 Å². The lowest BCUT2D eigenvalue weighted by Gasteiger charge is -2.15. The first-order valence-corrected chi connectivity index (χ1v) is 8.08. The lowest BCUT2D eigenvalue weighted by Crippen LogP contribution is -2.10. The Balaban J connectivity index is 2.07. The standard InChI is InChI=1S/C17H17BrClFO/c1-21-15-4-2-3-12(9-15)7-14(11-19)8-13-5-6-17(20)16(18)10-13/h2-6,9-10,14H,7-8,11H2,1H3. The van der Waals surface area contributed by atoms with Crippen LogP contribution in [0.25, 0.3) is 0 Å². The zero-order valence-corrected chi connectivity index (χ0v) is 14.1. The second kappa shape index (κ2) is 7.81. The van der Waals surface area contributed by atoms with Gasteiger partial charge in [0.05, 0.1) is 11.6 Å². The summed E-state index contributed by atoms with van der Waals surface area (Å²) in [5.41, 5.74) is 2.28. The number of hydrogen-bond donors (Lipinski definition) is 0. The molecular formula is C17H17BrClFO. The van der Waals surface area contributed by atoms with E-state index in [9.17, 15) is 4.39 Å². The molecule has 0 amide bonds. The Bertz CT molecular complexity index is 603. The molecular weight excluding hydrogens is 355 g/mol. The Morgan fingerprint density at radius 3 is 2.48 bits per heavy atom. The highest BCUT2D eigenvalue weighted by atomic mass is 79.9. The van der Waals surface area contributed by atoms with E-state index in [1.54, 1.807) is 7.11 Å². The van der Waals surface area contributed by atoms with Gasteiger partial charge in [0, 0.05) is 5.88 Å². The zero-order chi connectivity index (χ0) is 15.2. The van der Waals surface area contributed by atoms with Gasteiger partial charge in [0.2, 0.25) is 0 Å². The topological polar surface area (TPSA) is 9.23 Å². The molecule has 0 radical (unpaired) electrons. The van der Waals surface area contributed by atoms with Crippen molar-refractivity contribution >= 4 is 27.5 Å². The fourth-order valence-electron chi connectivity index (χ4n) is 2.31. The highest BCUT2D eigenvalue weighted by Gasteiger charge is 2.11. The van der Waals surface area contributed by atoms with Crippen LogP contribution in [0.15, 0.2) is 46.9 Å². The summed E-state index contributed by atoms with van der Waals surface area (Å²) in [6.45, 7) is 0. The van der Waals surface area contributed by atoms with Crippen molar-refractivity contribution in [3.8, 4) is 5.75 Å². The van der Waals surface area contributed by atoms with E-state index < -0.39 is 0 Å².